The number of benzene rings is 1. The van der Waals surface area contributed by atoms with Gasteiger partial charge in [0.05, 0.1) is 24.5 Å². The summed E-state index contributed by atoms with van der Waals surface area (Å²) in [5.41, 5.74) is 6.65. The van der Waals surface area contributed by atoms with Crippen LogP contribution in [0.5, 0.6) is 5.75 Å². The number of aliphatic imine (C=N–C) groups is 1. The molecule has 0 amide bonds. The molecule has 3 heterocycles. The van der Waals surface area contributed by atoms with E-state index in [0.29, 0.717) is 18.0 Å². The molecule has 0 unspecified atom stereocenters. The summed E-state index contributed by atoms with van der Waals surface area (Å²) in [6.07, 6.45) is 2.58. The number of nitrogens with two attached hydrogens (primary N) is 1. The Kier molecular flexibility index (Phi) is 5.15. The summed E-state index contributed by atoms with van der Waals surface area (Å²) in [7, 11) is 1.59. The highest BCUT2D eigenvalue weighted by molar-refractivity contribution is 5.87. The SMILES string of the molecule is COc1cnc2c(Cc3ccc(F)c([C@@]4(C)N=C(N)C(C)(C)C[C@@H]4F)c3)nccc2c1. The van der Waals surface area contributed by atoms with E-state index in [-0.39, 0.29) is 12.0 Å². The number of fused-ring (bicyclic) bond motifs is 1. The van der Waals surface area contributed by atoms with Crippen LogP contribution >= 0.6 is 0 Å². The Balaban J connectivity index is 1.75. The van der Waals surface area contributed by atoms with Crippen molar-refractivity contribution in [1.29, 1.82) is 0 Å². The lowest BCUT2D eigenvalue weighted by Gasteiger charge is -2.41. The molecule has 0 saturated carbocycles. The second-order valence-corrected chi connectivity index (χ2v) is 8.90. The van der Waals surface area contributed by atoms with Crippen molar-refractivity contribution in [1.82, 2.24) is 9.97 Å². The van der Waals surface area contributed by atoms with Crippen molar-refractivity contribution in [2.45, 2.75) is 45.3 Å². The van der Waals surface area contributed by atoms with Crippen molar-refractivity contribution < 1.29 is 13.5 Å². The van der Waals surface area contributed by atoms with Crippen molar-refractivity contribution in [2.24, 2.45) is 16.1 Å². The van der Waals surface area contributed by atoms with Crippen LogP contribution in [0.25, 0.3) is 10.9 Å². The van der Waals surface area contributed by atoms with E-state index >= 15 is 4.39 Å². The van der Waals surface area contributed by atoms with Crippen LogP contribution in [0.4, 0.5) is 8.78 Å². The van der Waals surface area contributed by atoms with Crippen molar-refractivity contribution in [3.8, 4) is 5.75 Å². The van der Waals surface area contributed by atoms with Crippen LogP contribution in [0, 0.1) is 11.2 Å². The van der Waals surface area contributed by atoms with Gasteiger partial charge in [0, 0.05) is 29.0 Å². The quantitative estimate of drug-likeness (QED) is 0.658. The molecule has 0 bridgehead atoms. The number of ether oxygens (including phenoxy) is 1. The molecule has 0 aliphatic carbocycles. The molecule has 5 nitrogen and oxygen atoms in total. The summed E-state index contributed by atoms with van der Waals surface area (Å²) >= 11 is 0. The van der Waals surface area contributed by atoms with Gasteiger partial charge in [-0.2, -0.15) is 0 Å². The van der Waals surface area contributed by atoms with Crippen LogP contribution in [0.15, 0.2) is 47.7 Å². The summed E-state index contributed by atoms with van der Waals surface area (Å²) < 4.78 is 35.3. The van der Waals surface area contributed by atoms with Crippen LogP contribution in [0.3, 0.4) is 0 Å². The smallest absolute Gasteiger partial charge is 0.137 e. The Bertz CT molecular complexity index is 1180. The molecular weight excluding hydrogens is 398 g/mol. The number of rotatable bonds is 4. The van der Waals surface area contributed by atoms with Gasteiger partial charge in [-0.15, -0.1) is 0 Å². The minimum Gasteiger partial charge on any atom is -0.495 e. The Morgan fingerprint density at radius 3 is 2.68 bits per heavy atom. The average Bonchev–Trinajstić information content (AvgIpc) is 2.73. The second-order valence-electron chi connectivity index (χ2n) is 8.90. The topological polar surface area (TPSA) is 73.4 Å². The molecule has 0 radical (unpaired) electrons. The third-order valence-electron chi connectivity index (χ3n) is 6.18. The van der Waals surface area contributed by atoms with Gasteiger partial charge in [0.25, 0.3) is 0 Å². The van der Waals surface area contributed by atoms with Crippen molar-refractivity contribution in [3.63, 3.8) is 0 Å². The molecule has 0 fully saturated rings. The van der Waals surface area contributed by atoms with Crippen LogP contribution in [0.1, 0.15) is 44.0 Å². The molecule has 0 saturated heterocycles. The highest BCUT2D eigenvalue weighted by atomic mass is 19.1. The van der Waals surface area contributed by atoms with Gasteiger partial charge in [-0.1, -0.05) is 19.9 Å². The first-order valence-corrected chi connectivity index (χ1v) is 10.2. The fourth-order valence-electron chi connectivity index (χ4n) is 4.05. The first-order chi connectivity index (χ1) is 14.6. The molecule has 1 aliphatic heterocycles. The van der Waals surface area contributed by atoms with E-state index in [1.165, 1.54) is 6.07 Å². The number of hydrogen-bond donors (Lipinski definition) is 1. The molecule has 7 heteroatoms. The largest absolute Gasteiger partial charge is 0.495 e. The van der Waals surface area contributed by atoms with E-state index < -0.39 is 22.9 Å². The molecule has 4 rings (SSSR count). The molecular formula is C24H26F2N4O. The average molecular weight is 424 g/mol. The number of alkyl halides is 1. The van der Waals surface area contributed by atoms with E-state index in [0.717, 1.165) is 22.2 Å². The molecule has 2 aromatic heterocycles. The zero-order valence-electron chi connectivity index (χ0n) is 18.1. The summed E-state index contributed by atoms with van der Waals surface area (Å²) in [4.78, 5) is 13.4. The molecule has 162 valence electrons. The predicted octanol–water partition coefficient (Wildman–Crippen LogP) is 4.71. The molecule has 1 aromatic carbocycles. The first kappa shape index (κ1) is 21.2. The minimum atomic E-state index is -1.38. The van der Waals surface area contributed by atoms with Gasteiger partial charge in [-0.05, 0) is 43.2 Å². The Labute approximate surface area is 180 Å². The normalized spacial score (nSPS) is 22.9. The molecule has 2 atom stereocenters. The van der Waals surface area contributed by atoms with Gasteiger partial charge >= 0.3 is 0 Å². The van der Waals surface area contributed by atoms with Gasteiger partial charge in [-0.3, -0.25) is 15.0 Å². The summed E-state index contributed by atoms with van der Waals surface area (Å²) in [5, 5.41) is 0.898. The lowest BCUT2D eigenvalue weighted by atomic mass is 9.73. The van der Waals surface area contributed by atoms with E-state index in [2.05, 4.69) is 15.0 Å². The Morgan fingerprint density at radius 2 is 1.94 bits per heavy atom. The molecule has 31 heavy (non-hydrogen) atoms. The summed E-state index contributed by atoms with van der Waals surface area (Å²) in [6.45, 7) is 5.30. The summed E-state index contributed by atoms with van der Waals surface area (Å²) in [6, 6.07) is 8.45. The number of methoxy groups -OCH3 is 1. The van der Waals surface area contributed by atoms with Gasteiger partial charge in [-0.25, -0.2) is 8.78 Å². The maximum Gasteiger partial charge on any atom is 0.137 e. The first-order valence-electron chi connectivity index (χ1n) is 10.2. The van der Waals surface area contributed by atoms with Crippen LogP contribution < -0.4 is 10.5 Å². The number of hydrogen-bond acceptors (Lipinski definition) is 5. The second kappa shape index (κ2) is 7.55. The van der Waals surface area contributed by atoms with Crippen molar-refractivity contribution >= 4 is 16.7 Å². The third-order valence-corrected chi connectivity index (χ3v) is 6.18. The molecule has 3 aromatic rings. The van der Waals surface area contributed by atoms with E-state index in [9.17, 15) is 4.39 Å². The fourth-order valence-corrected chi connectivity index (χ4v) is 4.05. The van der Waals surface area contributed by atoms with Crippen LogP contribution in [-0.2, 0) is 12.0 Å². The minimum absolute atomic E-state index is 0.180. The Hall–Kier alpha value is -3.09. The van der Waals surface area contributed by atoms with Crippen LogP contribution in [-0.4, -0.2) is 29.1 Å². The number of amidine groups is 1. The van der Waals surface area contributed by atoms with Gasteiger partial charge in [0.15, 0.2) is 0 Å². The number of aromatic nitrogens is 2. The van der Waals surface area contributed by atoms with E-state index in [4.69, 9.17) is 10.5 Å². The maximum atomic E-state index is 15.2. The van der Waals surface area contributed by atoms with Gasteiger partial charge in [0.1, 0.15) is 29.1 Å². The molecule has 1 aliphatic rings. The fraction of sp³-hybridized carbons (Fsp3) is 0.375. The number of nitrogens with zero attached hydrogens (tertiary/aromatic N) is 3. The van der Waals surface area contributed by atoms with Crippen LogP contribution in [0.2, 0.25) is 0 Å². The highest BCUT2D eigenvalue weighted by Gasteiger charge is 2.46. The zero-order valence-corrected chi connectivity index (χ0v) is 18.1. The number of halogens is 2. The molecule has 2 N–H and O–H groups in total. The standard InChI is InChI=1S/C24H26F2N4O/c1-23(2)12-20(26)24(3,30-22(23)27)17-9-14(5-6-18(17)25)10-19-21-15(7-8-28-19)11-16(31-4)13-29-21/h5-9,11,13,20H,10,12H2,1-4H3,(H2,27,30)/t20-,24+/m0/s1. The molecule has 0 spiro atoms. The Morgan fingerprint density at radius 1 is 1.16 bits per heavy atom. The maximum absolute atomic E-state index is 15.2. The predicted molar refractivity (Wildman–Crippen MR) is 118 cm³/mol. The summed E-state index contributed by atoms with van der Waals surface area (Å²) in [5.74, 6) is 0.493. The van der Waals surface area contributed by atoms with E-state index in [1.54, 1.807) is 38.6 Å². The monoisotopic (exact) mass is 424 g/mol. The number of pyridine rings is 2. The van der Waals surface area contributed by atoms with Crippen molar-refractivity contribution in [3.05, 3.63) is 65.4 Å². The third kappa shape index (κ3) is 3.73. The van der Waals surface area contributed by atoms with Crippen molar-refractivity contribution in [2.75, 3.05) is 7.11 Å². The lowest BCUT2D eigenvalue weighted by molar-refractivity contribution is 0.140. The van der Waals surface area contributed by atoms with Gasteiger partial charge < -0.3 is 10.5 Å². The lowest BCUT2D eigenvalue weighted by Crippen LogP contribution is -2.48. The van der Waals surface area contributed by atoms with E-state index in [1.807, 2.05) is 26.0 Å². The van der Waals surface area contributed by atoms with Gasteiger partial charge in [0.2, 0.25) is 0 Å². The highest BCUT2D eigenvalue weighted by Crippen LogP contribution is 2.43. The zero-order chi connectivity index (χ0) is 22.4.